The van der Waals surface area contributed by atoms with E-state index >= 15 is 0 Å². The Morgan fingerprint density at radius 3 is 2.79 bits per heavy atom. The molecule has 2 atom stereocenters. The zero-order valence-electron chi connectivity index (χ0n) is 10.9. The topological polar surface area (TPSA) is 79.3 Å². The average molecular weight is 262 g/mol. The SMILES string of the molecule is Cc1cnccc1CNC(=O)C1CCC(C(=O)O)C1. The molecule has 1 aliphatic carbocycles. The van der Waals surface area contributed by atoms with Crippen LogP contribution in [0.15, 0.2) is 18.5 Å². The fraction of sp³-hybridized carbons (Fsp3) is 0.500. The van der Waals surface area contributed by atoms with E-state index in [1.165, 1.54) is 0 Å². The fourth-order valence-corrected chi connectivity index (χ4v) is 2.47. The van der Waals surface area contributed by atoms with Gasteiger partial charge in [-0.15, -0.1) is 0 Å². The summed E-state index contributed by atoms with van der Waals surface area (Å²) in [7, 11) is 0. The van der Waals surface area contributed by atoms with E-state index in [0.29, 0.717) is 25.8 Å². The van der Waals surface area contributed by atoms with Gasteiger partial charge in [-0.05, 0) is 43.4 Å². The van der Waals surface area contributed by atoms with Crippen molar-refractivity contribution < 1.29 is 14.7 Å². The van der Waals surface area contributed by atoms with Gasteiger partial charge in [-0.25, -0.2) is 0 Å². The zero-order chi connectivity index (χ0) is 13.8. The van der Waals surface area contributed by atoms with Crippen LogP contribution in [0.25, 0.3) is 0 Å². The predicted octanol–water partition coefficient (Wildman–Crippen LogP) is 1.51. The van der Waals surface area contributed by atoms with Crippen LogP contribution in [0.3, 0.4) is 0 Å². The normalized spacial score (nSPS) is 22.2. The Balaban J connectivity index is 1.86. The lowest BCUT2D eigenvalue weighted by atomic mass is 10.0. The molecule has 1 aromatic heterocycles. The molecular weight excluding hydrogens is 244 g/mol. The standard InChI is InChI=1S/C14H18N2O3/c1-9-7-15-5-4-12(9)8-16-13(17)10-2-3-11(6-10)14(18)19/h4-5,7,10-11H,2-3,6,8H2,1H3,(H,16,17)(H,18,19). The number of amides is 1. The number of carboxylic acids is 1. The van der Waals surface area contributed by atoms with Gasteiger partial charge < -0.3 is 10.4 Å². The van der Waals surface area contributed by atoms with Gasteiger partial charge in [-0.3, -0.25) is 14.6 Å². The van der Waals surface area contributed by atoms with E-state index in [1.807, 2.05) is 13.0 Å². The van der Waals surface area contributed by atoms with Crippen LogP contribution in [-0.2, 0) is 16.1 Å². The fourth-order valence-electron chi connectivity index (χ4n) is 2.47. The lowest BCUT2D eigenvalue weighted by Crippen LogP contribution is -2.29. The summed E-state index contributed by atoms with van der Waals surface area (Å²) >= 11 is 0. The molecule has 1 amide bonds. The molecule has 1 fully saturated rings. The number of hydrogen-bond acceptors (Lipinski definition) is 3. The number of rotatable bonds is 4. The number of pyridine rings is 1. The summed E-state index contributed by atoms with van der Waals surface area (Å²) in [4.78, 5) is 26.8. The molecule has 0 aliphatic heterocycles. The molecule has 0 aromatic carbocycles. The number of hydrogen-bond donors (Lipinski definition) is 2. The van der Waals surface area contributed by atoms with E-state index in [4.69, 9.17) is 5.11 Å². The van der Waals surface area contributed by atoms with Crippen molar-refractivity contribution in [2.24, 2.45) is 11.8 Å². The number of aryl methyl sites for hydroxylation is 1. The summed E-state index contributed by atoms with van der Waals surface area (Å²) in [5.74, 6) is -1.36. The molecule has 1 aromatic rings. The van der Waals surface area contributed by atoms with Crippen molar-refractivity contribution in [3.05, 3.63) is 29.6 Å². The van der Waals surface area contributed by atoms with E-state index in [2.05, 4.69) is 10.3 Å². The molecule has 0 saturated heterocycles. The van der Waals surface area contributed by atoms with Gasteiger partial charge in [0.15, 0.2) is 0 Å². The Labute approximate surface area is 112 Å². The van der Waals surface area contributed by atoms with E-state index in [0.717, 1.165) is 11.1 Å². The highest BCUT2D eigenvalue weighted by atomic mass is 16.4. The smallest absolute Gasteiger partial charge is 0.306 e. The van der Waals surface area contributed by atoms with Crippen LogP contribution in [-0.4, -0.2) is 22.0 Å². The molecule has 1 heterocycles. The molecule has 1 saturated carbocycles. The molecule has 1 aliphatic rings. The van der Waals surface area contributed by atoms with Crippen LogP contribution >= 0.6 is 0 Å². The number of nitrogens with one attached hydrogen (secondary N) is 1. The largest absolute Gasteiger partial charge is 0.481 e. The minimum Gasteiger partial charge on any atom is -0.481 e. The Morgan fingerprint density at radius 2 is 2.16 bits per heavy atom. The van der Waals surface area contributed by atoms with Crippen LogP contribution in [0.4, 0.5) is 0 Å². The summed E-state index contributed by atoms with van der Waals surface area (Å²) in [6, 6.07) is 1.88. The minimum atomic E-state index is -0.791. The summed E-state index contributed by atoms with van der Waals surface area (Å²) < 4.78 is 0. The number of aromatic nitrogens is 1. The second kappa shape index (κ2) is 5.82. The first-order valence-electron chi connectivity index (χ1n) is 6.48. The number of carbonyl (C=O) groups is 2. The summed E-state index contributed by atoms with van der Waals surface area (Å²) in [5, 5.41) is 11.8. The molecule has 0 spiro atoms. The van der Waals surface area contributed by atoms with E-state index in [-0.39, 0.29) is 17.7 Å². The average Bonchev–Trinajstić information content (AvgIpc) is 2.87. The summed E-state index contributed by atoms with van der Waals surface area (Å²) in [6.45, 7) is 2.42. The van der Waals surface area contributed by atoms with Gasteiger partial charge in [0.2, 0.25) is 5.91 Å². The summed E-state index contributed by atoms with van der Waals surface area (Å²) in [5.41, 5.74) is 2.08. The second-order valence-electron chi connectivity index (χ2n) is 5.07. The molecule has 2 rings (SSSR count). The van der Waals surface area contributed by atoms with Gasteiger partial charge in [0.25, 0.3) is 0 Å². The van der Waals surface area contributed by atoms with E-state index < -0.39 is 5.97 Å². The molecule has 0 radical (unpaired) electrons. The molecule has 5 heteroatoms. The molecule has 0 bridgehead atoms. The first-order valence-corrected chi connectivity index (χ1v) is 6.48. The Morgan fingerprint density at radius 1 is 1.42 bits per heavy atom. The number of aliphatic carboxylic acids is 1. The number of carbonyl (C=O) groups excluding carboxylic acids is 1. The highest BCUT2D eigenvalue weighted by Crippen LogP contribution is 2.31. The number of nitrogens with zero attached hydrogens (tertiary/aromatic N) is 1. The van der Waals surface area contributed by atoms with Crippen LogP contribution in [0.2, 0.25) is 0 Å². The first-order chi connectivity index (χ1) is 9.08. The molecule has 19 heavy (non-hydrogen) atoms. The maximum Gasteiger partial charge on any atom is 0.306 e. The highest BCUT2D eigenvalue weighted by molar-refractivity contribution is 5.80. The van der Waals surface area contributed by atoms with Crippen LogP contribution in [0, 0.1) is 18.8 Å². The van der Waals surface area contributed by atoms with Gasteiger partial charge in [-0.2, -0.15) is 0 Å². The van der Waals surface area contributed by atoms with E-state index in [9.17, 15) is 9.59 Å². The summed E-state index contributed by atoms with van der Waals surface area (Å²) in [6.07, 6.45) is 5.18. The van der Waals surface area contributed by atoms with Gasteiger partial charge in [-0.1, -0.05) is 0 Å². The van der Waals surface area contributed by atoms with Crippen molar-refractivity contribution in [1.82, 2.24) is 10.3 Å². The zero-order valence-corrected chi connectivity index (χ0v) is 10.9. The Bertz CT molecular complexity index is 487. The predicted molar refractivity (Wildman–Crippen MR) is 69.3 cm³/mol. The molecule has 102 valence electrons. The molecule has 5 nitrogen and oxygen atoms in total. The second-order valence-corrected chi connectivity index (χ2v) is 5.07. The minimum absolute atomic E-state index is 0.0417. The van der Waals surface area contributed by atoms with Crippen molar-refractivity contribution in [3.63, 3.8) is 0 Å². The first kappa shape index (κ1) is 13.5. The van der Waals surface area contributed by atoms with Crippen molar-refractivity contribution in [3.8, 4) is 0 Å². The van der Waals surface area contributed by atoms with Gasteiger partial charge in [0.1, 0.15) is 0 Å². The van der Waals surface area contributed by atoms with Gasteiger partial charge in [0, 0.05) is 24.9 Å². The van der Waals surface area contributed by atoms with Gasteiger partial charge >= 0.3 is 5.97 Å². The highest BCUT2D eigenvalue weighted by Gasteiger charge is 2.33. The Hall–Kier alpha value is -1.91. The monoisotopic (exact) mass is 262 g/mol. The maximum atomic E-state index is 12.0. The molecule has 2 unspecified atom stereocenters. The third-order valence-electron chi connectivity index (χ3n) is 3.74. The van der Waals surface area contributed by atoms with Crippen molar-refractivity contribution in [2.45, 2.75) is 32.7 Å². The molecular formula is C14H18N2O3. The van der Waals surface area contributed by atoms with Gasteiger partial charge in [0.05, 0.1) is 5.92 Å². The molecule has 2 N–H and O–H groups in total. The van der Waals surface area contributed by atoms with Crippen molar-refractivity contribution in [1.29, 1.82) is 0 Å². The van der Waals surface area contributed by atoms with Crippen molar-refractivity contribution >= 4 is 11.9 Å². The third-order valence-corrected chi connectivity index (χ3v) is 3.74. The quantitative estimate of drug-likeness (QED) is 0.862. The Kier molecular flexibility index (Phi) is 4.14. The van der Waals surface area contributed by atoms with Crippen LogP contribution in [0.1, 0.15) is 30.4 Å². The van der Waals surface area contributed by atoms with Crippen LogP contribution in [0.5, 0.6) is 0 Å². The van der Waals surface area contributed by atoms with Crippen LogP contribution < -0.4 is 5.32 Å². The van der Waals surface area contributed by atoms with E-state index in [1.54, 1.807) is 12.4 Å². The lowest BCUT2D eigenvalue weighted by Gasteiger charge is -2.11. The number of carboxylic acid groups (broad SMARTS) is 1. The lowest BCUT2D eigenvalue weighted by molar-refractivity contribution is -0.141. The maximum absolute atomic E-state index is 12.0. The third kappa shape index (κ3) is 3.30. The van der Waals surface area contributed by atoms with Crippen molar-refractivity contribution in [2.75, 3.05) is 0 Å².